The van der Waals surface area contributed by atoms with Crippen LogP contribution >= 0.6 is 11.3 Å². The van der Waals surface area contributed by atoms with Crippen molar-refractivity contribution in [3.05, 3.63) is 56.1 Å². The Morgan fingerprint density at radius 2 is 2.22 bits per heavy atom. The summed E-state index contributed by atoms with van der Waals surface area (Å²) < 4.78 is 1.43. The van der Waals surface area contributed by atoms with Gasteiger partial charge in [-0.3, -0.25) is 9.59 Å². The Hall–Kier alpha value is -1.88. The molecule has 1 N–H and O–H groups in total. The van der Waals surface area contributed by atoms with Gasteiger partial charge in [0.2, 0.25) is 0 Å². The first-order valence-electron chi connectivity index (χ1n) is 5.54. The van der Waals surface area contributed by atoms with Crippen molar-refractivity contribution in [1.29, 1.82) is 0 Å². The molecular formula is C13H14N2O2S. The Morgan fingerprint density at radius 1 is 1.44 bits per heavy atom. The summed E-state index contributed by atoms with van der Waals surface area (Å²) in [5.74, 6) is -0.224. The van der Waals surface area contributed by atoms with Crippen molar-refractivity contribution in [3.8, 4) is 0 Å². The summed E-state index contributed by atoms with van der Waals surface area (Å²) >= 11 is 1.61. The van der Waals surface area contributed by atoms with E-state index in [1.807, 2.05) is 17.7 Å². The fourth-order valence-electron chi connectivity index (χ4n) is 1.54. The summed E-state index contributed by atoms with van der Waals surface area (Å²) in [7, 11) is 1.65. The number of amides is 1. The minimum atomic E-state index is -0.224. The number of thiophene rings is 1. The number of pyridine rings is 1. The van der Waals surface area contributed by atoms with Crippen molar-refractivity contribution < 1.29 is 4.79 Å². The van der Waals surface area contributed by atoms with E-state index in [9.17, 15) is 9.59 Å². The van der Waals surface area contributed by atoms with Crippen LogP contribution < -0.4 is 10.9 Å². The van der Waals surface area contributed by atoms with E-state index in [2.05, 4.69) is 5.32 Å². The van der Waals surface area contributed by atoms with Crippen LogP contribution in [0.3, 0.4) is 0 Å². The maximum Gasteiger partial charge on any atom is 0.251 e. The number of rotatable bonds is 3. The van der Waals surface area contributed by atoms with E-state index in [0.29, 0.717) is 12.1 Å². The summed E-state index contributed by atoms with van der Waals surface area (Å²) in [6, 6.07) is 2.98. The molecule has 2 heterocycles. The Kier molecular flexibility index (Phi) is 3.62. The molecule has 0 aliphatic carbocycles. The molecule has 4 nitrogen and oxygen atoms in total. The molecule has 0 fully saturated rings. The second kappa shape index (κ2) is 5.18. The van der Waals surface area contributed by atoms with Crippen LogP contribution in [-0.4, -0.2) is 10.5 Å². The molecular weight excluding hydrogens is 248 g/mol. The first-order chi connectivity index (χ1) is 8.58. The predicted molar refractivity (Wildman–Crippen MR) is 71.9 cm³/mol. The Balaban J connectivity index is 2.06. The molecule has 0 bridgehead atoms. The zero-order valence-electron chi connectivity index (χ0n) is 10.3. The summed E-state index contributed by atoms with van der Waals surface area (Å²) in [6.07, 6.45) is 1.59. The molecule has 0 radical (unpaired) electrons. The second-order valence-corrected chi connectivity index (χ2v) is 4.87. The average molecular weight is 262 g/mol. The zero-order chi connectivity index (χ0) is 13.1. The van der Waals surface area contributed by atoms with Crippen LogP contribution in [0.15, 0.2) is 33.9 Å². The van der Waals surface area contributed by atoms with Crippen LogP contribution in [0.25, 0.3) is 0 Å². The number of aryl methyl sites for hydroxylation is 2. The van der Waals surface area contributed by atoms with Crippen LogP contribution in [0.4, 0.5) is 0 Å². The quantitative estimate of drug-likeness (QED) is 0.915. The van der Waals surface area contributed by atoms with Gasteiger partial charge < -0.3 is 9.88 Å². The number of aromatic nitrogens is 1. The van der Waals surface area contributed by atoms with Crippen LogP contribution in [-0.2, 0) is 13.6 Å². The van der Waals surface area contributed by atoms with Gasteiger partial charge in [0.15, 0.2) is 0 Å². The number of hydrogen-bond donors (Lipinski definition) is 1. The third kappa shape index (κ3) is 2.68. The van der Waals surface area contributed by atoms with E-state index < -0.39 is 0 Å². The molecule has 18 heavy (non-hydrogen) atoms. The lowest BCUT2D eigenvalue weighted by Crippen LogP contribution is -2.25. The minimum Gasteiger partial charge on any atom is -0.348 e. The van der Waals surface area contributed by atoms with Gasteiger partial charge in [-0.2, -0.15) is 11.3 Å². The maximum absolute atomic E-state index is 11.9. The van der Waals surface area contributed by atoms with Gasteiger partial charge in [-0.25, -0.2) is 0 Å². The molecule has 2 aromatic rings. The molecule has 2 aromatic heterocycles. The van der Waals surface area contributed by atoms with Crippen molar-refractivity contribution in [2.75, 3.05) is 0 Å². The third-order valence-electron chi connectivity index (χ3n) is 2.77. The third-order valence-corrected chi connectivity index (χ3v) is 3.68. The fraction of sp³-hybridized carbons (Fsp3) is 0.231. The molecule has 0 saturated heterocycles. The van der Waals surface area contributed by atoms with Crippen LogP contribution in [0.1, 0.15) is 21.5 Å². The van der Waals surface area contributed by atoms with Gasteiger partial charge in [0.1, 0.15) is 0 Å². The van der Waals surface area contributed by atoms with E-state index >= 15 is 0 Å². The summed E-state index contributed by atoms with van der Waals surface area (Å²) in [4.78, 5) is 23.3. The highest BCUT2D eigenvalue weighted by atomic mass is 32.1. The topological polar surface area (TPSA) is 51.1 Å². The average Bonchev–Trinajstić information content (AvgIpc) is 2.75. The van der Waals surface area contributed by atoms with Crippen LogP contribution in [0.5, 0.6) is 0 Å². The van der Waals surface area contributed by atoms with E-state index in [0.717, 1.165) is 5.56 Å². The molecule has 0 atom stereocenters. The SMILES string of the molecule is Cc1cscc1CNC(=O)c1ccn(C)c(=O)c1. The van der Waals surface area contributed by atoms with Crippen molar-refractivity contribution in [2.24, 2.45) is 7.05 Å². The highest BCUT2D eigenvalue weighted by Gasteiger charge is 2.07. The predicted octanol–water partition coefficient (Wildman–Crippen LogP) is 1.69. The molecule has 0 spiro atoms. The van der Waals surface area contributed by atoms with Gasteiger partial charge in [-0.15, -0.1) is 0 Å². The minimum absolute atomic E-state index is 0.186. The molecule has 5 heteroatoms. The Bertz CT molecular complexity index is 628. The van der Waals surface area contributed by atoms with Crippen molar-refractivity contribution in [3.63, 3.8) is 0 Å². The van der Waals surface area contributed by atoms with Crippen LogP contribution in [0.2, 0.25) is 0 Å². The normalized spacial score (nSPS) is 10.3. The van der Waals surface area contributed by atoms with Gasteiger partial charge in [-0.05, 0) is 34.9 Å². The van der Waals surface area contributed by atoms with Gasteiger partial charge >= 0.3 is 0 Å². The lowest BCUT2D eigenvalue weighted by molar-refractivity contribution is 0.0950. The lowest BCUT2D eigenvalue weighted by atomic mass is 10.2. The van der Waals surface area contributed by atoms with Gasteiger partial charge in [0.25, 0.3) is 11.5 Å². The number of nitrogens with zero attached hydrogens (tertiary/aromatic N) is 1. The first-order valence-corrected chi connectivity index (χ1v) is 6.49. The van der Waals surface area contributed by atoms with Gasteiger partial charge in [0.05, 0.1) is 0 Å². The fourth-order valence-corrected chi connectivity index (χ4v) is 2.39. The van der Waals surface area contributed by atoms with Crippen molar-refractivity contribution >= 4 is 17.2 Å². The monoisotopic (exact) mass is 262 g/mol. The van der Waals surface area contributed by atoms with E-state index in [-0.39, 0.29) is 11.5 Å². The molecule has 0 aromatic carbocycles. The van der Waals surface area contributed by atoms with E-state index in [1.165, 1.54) is 16.2 Å². The molecule has 0 aliphatic heterocycles. The summed E-state index contributed by atoms with van der Waals surface area (Å²) in [5, 5.41) is 6.86. The lowest BCUT2D eigenvalue weighted by Gasteiger charge is -2.05. The maximum atomic E-state index is 11.9. The molecule has 0 aliphatic rings. The largest absolute Gasteiger partial charge is 0.348 e. The number of carbonyl (C=O) groups is 1. The second-order valence-electron chi connectivity index (χ2n) is 4.13. The standard InChI is InChI=1S/C13H14N2O2S/c1-9-7-18-8-11(9)6-14-13(17)10-3-4-15(2)12(16)5-10/h3-5,7-8H,6H2,1-2H3,(H,14,17). The zero-order valence-corrected chi connectivity index (χ0v) is 11.1. The highest BCUT2D eigenvalue weighted by molar-refractivity contribution is 7.08. The van der Waals surface area contributed by atoms with Crippen LogP contribution in [0, 0.1) is 6.92 Å². The summed E-state index contributed by atoms with van der Waals surface area (Å²) in [5.41, 5.74) is 2.49. The Labute approximate surface area is 109 Å². The van der Waals surface area contributed by atoms with E-state index in [4.69, 9.17) is 0 Å². The van der Waals surface area contributed by atoms with Crippen molar-refractivity contribution in [1.82, 2.24) is 9.88 Å². The highest BCUT2D eigenvalue weighted by Crippen LogP contribution is 2.13. The van der Waals surface area contributed by atoms with Gasteiger partial charge in [-0.1, -0.05) is 0 Å². The smallest absolute Gasteiger partial charge is 0.251 e. The number of hydrogen-bond acceptors (Lipinski definition) is 3. The Morgan fingerprint density at radius 3 is 2.83 bits per heavy atom. The molecule has 94 valence electrons. The van der Waals surface area contributed by atoms with Gasteiger partial charge in [0, 0.05) is 31.4 Å². The summed E-state index contributed by atoms with van der Waals surface area (Å²) in [6.45, 7) is 2.50. The van der Waals surface area contributed by atoms with Crippen molar-refractivity contribution in [2.45, 2.75) is 13.5 Å². The molecule has 1 amide bonds. The molecule has 0 saturated carbocycles. The first kappa shape index (κ1) is 12.6. The van der Waals surface area contributed by atoms with E-state index in [1.54, 1.807) is 30.6 Å². The number of carbonyl (C=O) groups excluding carboxylic acids is 1. The molecule has 0 unspecified atom stereocenters. The molecule has 2 rings (SSSR count). The number of nitrogens with one attached hydrogen (secondary N) is 1.